The van der Waals surface area contributed by atoms with Gasteiger partial charge in [-0.25, -0.2) is 4.79 Å². The zero-order valence-electron chi connectivity index (χ0n) is 11.7. The second-order valence-corrected chi connectivity index (χ2v) is 5.02. The van der Waals surface area contributed by atoms with E-state index in [0.717, 1.165) is 0 Å². The molecule has 0 saturated heterocycles. The molecule has 3 atom stereocenters. The molecular weight excluding hydrogens is 250 g/mol. The number of nitriles is 1. The van der Waals surface area contributed by atoms with Gasteiger partial charge in [-0.1, -0.05) is 6.92 Å². The van der Waals surface area contributed by atoms with Crippen LogP contribution in [0.25, 0.3) is 0 Å². The van der Waals surface area contributed by atoms with E-state index in [1.807, 2.05) is 0 Å². The largest absolute Gasteiger partial charge is 0.508 e. The van der Waals surface area contributed by atoms with Gasteiger partial charge in [0.2, 0.25) is 0 Å². The van der Waals surface area contributed by atoms with Gasteiger partial charge in [0, 0.05) is 5.92 Å². The van der Waals surface area contributed by atoms with Crippen LogP contribution in [0.2, 0.25) is 0 Å². The summed E-state index contributed by atoms with van der Waals surface area (Å²) in [4.78, 5) is 23.3. The van der Waals surface area contributed by atoms with E-state index in [1.54, 1.807) is 13.8 Å². The molecule has 1 saturated carbocycles. The third-order valence-corrected chi connectivity index (χ3v) is 4.13. The number of carbonyl (C=O) groups is 2. The van der Waals surface area contributed by atoms with E-state index in [9.17, 15) is 14.9 Å². The summed E-state index contributed by atoms with van der Waals surface area (Å²) in [6.07, 6.45) is 0.759. The lowest BCUT2D eigenvalue weighted by molar-refractivity contribution is -0.165. The average molecular weight is 269 g/mol. The number of hydrogen-bond donors (Lipinski definition) is 0. The number of carbonyl (C=O) groups excluding carboxylic acids is 2. The Labute approximate surface area is 112 Å². The maximum absolute atomic E-state index is 12.0. The van der Waals surface area contributed by atoms with Crippen molar-refractivity contribution in [2.75, 3.05) is 14.2 Å². The van der Waals surface area contributed by atoms with Gasteiger partial charge in [0.1, 0.15) is 5.60 Å². The molecule has 1 aliphatic rings. The quantitative estimate of drug-likeness (QED) is 0.713. The summed E-state index contributed by atoms with van der Waals surface area (Å²) in [5, 5.41) is 9.41. The predicted molar refractivity (Wildman–Crippen MR) is 65.0 cm³/mol. The fourth-order valence-electron chi connectivity index (χ4n) is 2.70. The normalized spacial score (nSPS) is 33.9. The van der Waals surface area contributed by atoms with Gasteiger partial charge in [-0.2, -0.15) is 5.26 Å². The van der Waals surface area contributed by atoms with Gasteiger partial charge in [0.25, 0.3) is 0 Å². The van der Waals surface area contributed by atoms with Crippen molar-refractivity contribution >= 4 is 12.1 Å². The van der Waals surface area contributed by atoms with E-state index in [4.69, 9.17) is 9.47 Å². The van der Waals surface area contributed by atoms with Crippen LogP contribution in [-0.4, -0.2) is 31.9 Å². The number of methoxy groups -OCH3 is 2. The van der Waals surface area contributed by atoms with Gasteiger partial charge >= 0.3 is 12.1 Å². The van der Waals surface area contributed by atoms with Crippen molar-refractivity contribution in [1.82, 2.24) is 0 Å². The third-order valence-electron chi connectivity index (χ3n) is 4.13. The lowest BCUT2D eigenvalue weighted by atomic mass is 9.61. The Morgan fingerprint density at radius 2 is 1.89 bits per heavy atom. The molecule has 0 radical (unpaired) electrons. The number of rotatable bonds is 2. The number of ether oxygens (including phenoxy) is 3. The first-order chi connectivity index (χ1) is 8.86. The highest BCUT2D eigenvalue weighted by atomic mass is 16.7. The molecule has 106 valence electrons. The highest BCUT2D eigenvalue weighted by molar-refractivity contribution is 5.80. The summed E-state index contributed by atoms with van der Waals surface area (Å²) in [5.74, 6) is -1.06. The van der Waals surface area contributed by atoms with Crippen LogP contribution in [-0.2, 0) is 19.0 Å². The van der Waals surface area contributed by atoms with Gasteiger partial charge in [0.15, 0.2) is 5.41 Å². The summed E-state index contributed by atoms with van der Waals surface area (Å²) in [7, 11) is 2.47. The molecule has 0 spiro atoms. The molecule has 6 heteroatoms. The zero-order chi connectivity index (χ0) is 14.7. The Morgan fingerprint density at radius 3 is 2.37 bits per heavy atom. The molecule has 0 aromatic carbocycles. The van der Waals surface area contributed by atoms with Gasteiger partial charge in [-0.15, -0.1) is 0 Å². The SMILES string of the molecule is COC(=O)O[C@@]1(C)CCC[C@](C#N)(C(=O)OC)[C@H]1C. The van der Waals surface area contributed by atoms with Crippen molar-refractivity contribution in [3.63, 3.8) is 0 Å². The molecule has 0 N–H and O–H groups in total. The van der Waals surface area contributed by atoms with Crippen LogP contribution in [0.5, 0.6) is 0 Å². The van der Waals surface area contributed by atoms with Crippen LogP contribution >= 0.6 is 0 Å². The van der Waals surface area contributed by atoms with Gasteiger partial charge in [-0.05, 0) is 26.2 Å². The van der Waals surface area contributed by atoms with E-state index in [1.165, 1.54) is 14.2 Å². The molecule has 19 heavy (non-hydrogen) atoms. The average Bonchev–Trinajstić information content (AvgIpc) is 2.41. The maximum Gasteiger partial charge on any atom is 0.508 e. The molecule has 1 fully saturated rings. The molecule has 0 aromatic rings. The van der Waals surface area contributed by atoms with Crippen LogP contribution in [0.4, 0.5) is 4.79 Å². The van der Waals surface area contributed by atoms with E-state index >= 15 is 0 Å². The fourth-order valence-corrected chi connectivity index (χ4v) is 2.70. The van der Waals surface area contributed by atoms with Gasteiger partial charge in [-0.3, -0.25) is 4.79 Å². The Balaban J connectivity index is 3.09. The second-order valence-electron chi connectivity index (χ2n) is 5.02. The Hall–Kier alpha value is -1.77. The summed E-state index contributed by atoms with van der Waals surface area (Å²) in [6, 6.07) is 2.06. The topological polar surface area (TPSA) is 85.6 Å². The Morgan fingerprint density at radius 1 is 1.26 bits per heavy atom. The summed E-state index contributed by atoms with van der Waals surface area (Å²) in [5.41, 5.74) is -2.20. The third kappa shape index (κ3) is 2.50. The predicted octanol–water partition coefficient (Wildman–Crippen LogP) is 2.03. The lowest BCUT2D eigenvalue weighted by Crippen LogP contribution is -2.53. The molecule has 0 unspecified atom stereocenters. The molecule has 6 nitrogen and oxygen atoms in total. The Kier molecular flexibility index (Phi) is 4.40. The summed E-state index contributed by atoms with van der Waals surface area (Å²) >= 11 is 0. The molecule has 0 amide bonds. The first-order valence-electron chi connectivity index (χ1n) is 6.13. The highest BCUT2D eigenvalue weighted by Crippen LogP contribution is 2.48. The smallest absolute Gasteiger partial charge is 0.468 e. The lowest BCUT2D eigenvalue weighted by Gasteiger charge is -2.45. The van der Waals surface area contributed by atoms with Crippen molar-refractivity contribution in [2.45, 2.75) is 38.7 Å². The van der Waals surface area contributed by atoms with Gasteiger partial charge in [0.05, 0.1) is 20.3 Å². The minimum atomic E-state index is -1.28. The summed E-state index contributed by atoms with van der Waals surface area (Å²) < 4.78 is 14.5. The van der Waals surface area contributed by atoms with E-state index in [2.05, 4.69) is 10.8 Å². The first kappa shape index (κ1) is 15.3. The minimum Gasteiger partial charge on any atom is -0.468 e. The fraction of sp³-hybridized carbons (Fsp3) is 0.769. The number of nitrogens with zero attached hydrogens (tertiary/aromatic N) is 1. The summed E-state index contributed by atoms with van der Waals surface area (Å²) in [6.45, 7) is 3.44. The van der Waals surface area contributed by atoms with Crippen LogP contribution in [0.15, 0.2) is 0 Å². The first-order valence-corrected chi connectivity index (χ1v) is 6.13. The van der Waals surface area contributed by atoms with Crippen molar-refractivity contribution in [3.05, 3.63) is 0 Å². The van der Waals surface area contributed by atoms with Crippen molar-refractivity contribution < 1.29 is 23.8 Å². The monoisotopic (exact) mass is 269 g/mol. The molecule has 0 heterocycles. The highest BCUT2D eigenvalue weighted by Gasteiger charge is 2.57. The molecule has 0 aliphatic heterocycles. The standard InChI is InChI=1S/C13H19NO5/c1-9-12(2,19-11(16)18-4)6-5-7-13(9,8-14)10(15)17-3/h9H,5-7H2,1-4H3/t9-,12-,13+/m0/s1. The van der Waals surface area contributed by atoms with Crippen LogP contribution in [0, 0.1) is 22.7 Å². The molecular formula is C13H19NO5. The second kappa shape index (κ2) is 5.47. The van der Waals surface area contributed by atoms with Crippen LogP contribution < -0.4 is 0 Å². The van der Waals surface area contributed by atoms with E-state index in [-0.39, 0.29) is 0 Å². The maximum atomic E-state index is 12.0. The molecule has 1 rings (SSSR count). The van der Waals surface area contributed by atoms with Crippen molar-refractivity contribution in [2.24, 2.45) is 11.3 Å². The zero-order valence-corrected chi connectivity index (χ0v) is 11.7. The van der Waals surface area contributed by atoms with Crippen molar-refractivity contribution in [3.8, 4) is 6.07 Å². The van der Waals surface area contributed by atoms with Crippen LogP contribution in [0.1, 0.15) is 33.1 Å². The number of hydrogen-bond acceptors (Lipinski definition) is 6. The molecule has 0 bridgehead atoms. The van der Waals surface area contributed by atoms with Crippen molar-refractivity contribution in [1.29, 1.82) is 5.26 Å². The van der Waals surface area contributed by atoms with E-state index < -0.39 is 29.1 Å². The molecule has 1 aliphatic carbocycles. The van der Waals surface area contributed by atoms with E-state index in [0.29, 0.717) is 19.3 Å². The Bertz CT molecular complexity index is 416. The van der Waals surface area contributed by atoms with Gasteiger partial charge < -0.3 is 14.2 Å². The minimum absolute atomic E-state index is 0.400. The van der Waals surface area contributed by atoms with Crippen LogP contribution in [0.3, 0.4) is 0 Å². The number of esters is 1. The molecule has 0 aromatic heterocycles.